The van der Waals surface area contributed by atoms with Gasteiger partial charge in [0.2, 0.25) is 0 Å². The highest BCUT2D eigenvalue weighted by atomic mass is 16.5. The quantitative estimate of drug-likeness (QED) is 0.232. The summed E-state index contributed by atoms with van der Waals surface area (Å²) in [5, 5.41) is 6.63. The normalized spacial score (nSPS) is 11.1. The number of methoxy groups -OCH3 is 2. The maximum Gasteiger partial charge on any atom is 0.305 e. The molecule has 0 bridgehead atoms. The number of carbonyl (C=O) groups excluding carboxylic acids is 1. The Labute approximate surface area is 168 Å². The van der Waals surface area contributed by atoms with Gasteiger partial charge in [0.05, 0.1) is 20.8 Å². The van der Waals surface area contributed by atoms with Crippen molar-refractivity contribution in [3.63, 3.8) is 0 Å². The number of guanidine groups is 1. The van der Waals surface area contributed by atoms with Crippen LogP contribution < -0.4 is 20.1 Å². The number of ether oxygens (including phenoxy) is 3. The number of nitrogens with one attached hydrogen (secondary N) is 2. The number of rotatable bonds is 13. The van der Waals surface area contributed by atoms with E-state index in [4.69, 9.17) is 9.47 Å². The van der Waals surface area contributed by atoms with Gasteiger partial charge >= 0.3 is 5.97 Å². The lowest BCUT2D eigenvalue weighted by Gasteiger charge is -2.13. The molecule has 0 fully saturated rings. The van der Waals surface area contributed by atoms with Crippen molar-refractivity contribution >= 4 is 11.9 Å². The summed E-state index contributed by atoms with van der Waals surface area (Å²) < 4.78 is 15.6. The number of benzene rings is 1. The minimum Gasteiger partial charge on any atom is -0.493 e. The number of carbonyl (C=O) groups is 1. The Morgan fingerprint density at radius 2 is 1.79 bits per heavy atom. The molecule has 7 heteroatoms. The first-order valence-electron chi connectivity index (χ1n) is 9.95. The summed E-state index contributed by atoms with van der Waals surface area (Å²) in [5.41, 5.74) is 1.22. The molecule has 158 valence electrons. The summed E-state index contributed by atoms with van der Waals surface area (Å²) in [5.74, 6) is 2.22. The molecule has 0 atom stereocenters. The first kappa shape index (κ1) is 23.6. The van der Waals surface area contributed by atoms with E-state index in [1.54, 1.807) is 14.2 Å². The van der Waals surface area contributed by atoms with Crippen molar-refractivity contribution in [1.29, 1.82) is 0 Å². The third-order valence-corrected chi connectivity index (χ3v) is 4.26. The Hall–Kier alpha value is -2.44. The van der Waals surface area contributed by atoms with Crippen LogP contribution in [0.2, 0.25) is 0 Å². The largest absolute Gasteiger partial charge is 0.493 e. The van der Waals surface area contributed by atoms with Crippen LogP contribution in [0.3, 0.4) is 0 Å². The zero-order chi connectivity index (χ0) is 20.6. The van der Waals surface area contributed by atoms with Gasteiger partial charge in [0.1, 0.15) is 0 Å². The maximum absolute atomic E-state index is 11.1. The molecule has 0 spiro atoms. The van der Waals surface area contributed by atoms with E-state index in [1.165, 1.54) is 12.7 Å². The molecule has 1 aromatic rings. The van der Waals surface area contributed by atoms with Gasteiger partial charge in [-0.15, -0.1) is 0 Å². The molecule has 0 saturated heterocycles. The van der Waals surface area contributed by atoms with Crippen LogP contribution in [0, 0.1) is 0 Å². The molecule has 7 nitrogen and oxygen atoms in total. The monoisotopic (exact) mass is 393 g/mol. The van der Waals surface area contributed by atoms with Gasteiger partial charge in [-0.2, -0.15) is 0 Å². The lowest BCUT2D eigenvalue weighted by molar-refractivity contribution is -0.140. The van der Waals surface area contributed by atoms with Crippen molar-refractivity contribution < 1.29 is 19.0 Å². The van der Waals surface area contributed by atoms with E-state index in [0.717, 1.165) is 62.7 Å². The van der Waals surface area contributed by atoms with Crippen molar-refractivity contribution in [2.45, 2.75) is 45.4 Å². The molecule has 0 aliphatic carbocycles. The Morgan fingerprint density at radius 1 is 1.04 bits per heavy atom. The molecular formula is C21H35N3O4. The lowest BCUT2D eigenvalue weighted by Crippen LogP contribution is -2.38. The molecule has 0 aromatic heterocycles. The Bertz CT molecular complexity index is 605. The van der Waals surface area contributed by atoms with Crippen LogP contribution in [0.25, 0.3) is 0 Å². The van der Waals surface area contributed by atoms with E-state index < -0.39 is 0 Å². The number of hydrogen-bond donors (Lipinski definition) is 2. The summed E-state index contributed by atoms with van der Waals surface area (Å²) in [6, 6.07) is 6.07. The van der Waals surface area contributed by atoms with Gasteiger partial charge in [0.15, 0.2) is 17.5 Å². The smallest absolute Gasteiger partial charge is 0.305 e. The molecule has 0 saturated carbocycles. The lowest BCUT2D eigenvalue weighted by atomic mass is 10.1. The fraction of sp³-hybridized carbons (Fsp3) is 0.619. The number of esters is 1. The van der Waals surface area contributed by atoms with Gasteiger partial charge in [-0.1, -0.05) is 12.5 Å². The van der Waals surface area contributed by atoms with E-state index in [9.17, 15) is 4.79 Å². The van der Waals surface area contributed by atoms with Crippen LogP contribution in [0.15, 0.2) is 23.2 Å². The van der Waals surface area contributed by atoms with Crippen LogP contribution in [0.5, 0.6) is 11.5 Å². The molecule has 0 aliphatic rings. The minimum atomic E-state index is -0.143. The molecule has 1 aromatic carbocycles. The van der Waals surface area contributed by atoms with Crippen LogP contribution in [0.4, 0.5) is 0 Å². The number of nitrogens with zero attached hydrogens (tertiary/aromatic N) is 1. The summed E-state index contributed by atoms with van der Waals surface area (Å²) >= 11 is 0. The highest BCUT2D eigenvalue weighted by Gasteiger charge is 2.05. The fourth-order valence-electron chi connectivity index (χ4n) is 2.74. The Kier molecular flexibility index (Phi) is 12.3. The summed E-state index contributed by atoms with van der Waals surface area (Å²) in [7, 11) is 4.84. The van der Waals surface area contributed by atoms with Crippen molar-refractivity contribution in [1.82, 2.24) is 10.6 Å². The van der Waals surface area contributed by atoms with E-state index in [2.05, 4.69) is 26.4 Å². The second-order valence-electron chi connectivity index (χ2n) is 6.33. The van der Waals surface area contributed by atoms with Gasteiger partial charge in [-0.25, -0.2) is 0 Å². The van der Waals surface area contributed by atoms with Gasteiger partial charge in [-0.3, -0.25) is 9.79 Å². The summed E-state index contributed by atoms with van der Waals surface area (Å²) in [6.45, 7) is 4.24. The van der Waals surface area contributed by atoms with Crippen LogP contribution in [0.1, 0.15) is 44.6 Å². The van der Waals surface area contributed by atoms with Crippen molar-refractivity contribution in [2.75, 3.05) is 41.0 Å². The average molecular weight is 394 g/mol. The second kappa shape index (κ2) is 14.6. The van der Waals surface area contributed by atoms with E-state index in [-0.39, 0.29) is 5.97 Å². The summed E-state index contributed by atoms with van der Waals surface area (Å²) in [4.78, 5) is 15.3. The molecular weight excluding hydrogens is 358 g/mol. The molecule has 0 aliphatic heterocycles. The number of aryl methyl sites for hydroxylation is 1. The Morgan fingerprint density at radius 3 is 2.43 bits per heavy atom. The van der Waals surface area contributed by atoms with Crippen LogP contribution >= 0.6 is 0 Å². The minimum absolute atomic E-state index is 0.143. The second-order valence-corrected chi connectivity index (χ2v) is 6.33. The third kappa shape index (κ3) is 9.48. The van der Waals surface area contributed by atoms with Gasteiger partial charge in [-0.05, 0) is 50.3 Å². The summed E-state index contributed by atoms with van der Waals surface area (Å²) in [6.07, 6.45) is 5.24. The molecule has 0 radical (unpaired) electrons. The van der Waals surface area contributed by atoms with Crippen LogP contribution in [-0.2, 0) is 16.0 Å². The van der Waals surface area contributed by atoms with Crippen LogP contribution in [-0.4, -0.2) is 52.9 Å². The fourth-order valence-corrected chi connectivity index (χ4v) is 2.74. The predicted molar refractivity (Wildman–Crippen MR) is 112 cm³/mol. The molecule has 0 amide bonds. The Balaban J connectivity index is 2.23. The van der Waals surface area contributed by atoms with E-state index in [0.29, 0.717) is 13.0 Å². The maximum atomic E-state index is 11.1. The van der Waals surface area contributed by atoms with Crippen molar-refractivity contribution in [2.24, 2.45) is 4.99 Å². The standard InChI is InChI=1S/C21H35N3O4/c1-5-28-19-16-17(12-13-18(19)26-3)10-9-15-24-21(22-2)23-14-8-6-7-11-20(25)27-4/h12-13,16H,5-11,14-15H2,1-4H3,(H2,22,23,24). The number of unbranched alkanes of at least 4 members (excludes halogenated alkanes) is 2. The topological polar surface area (TPSA) is 81.2 Å². The SMILES string of the molecule is CCOc1cc(CCCNC(=NC)NCCCCCC(=O)OC)ccc1OC. The first-order valence-corrected chi connectivity index (χ1v) is 9.95. The van der Waals surface area contributed by atoms with Gasteiger partial charge < -0.3 is 24.8 Å². The molecule has 0 heterocycles. The highest BCUT2D eigenvalue weighted by molar-refractivity contribution is 5.79. The average Bonchev–Trinajstić information content (AvgIpc) is 2.72. The number of aliphatic imine (C=N–C) groups is 1. The molecule has 1 rings (SSSR count). The van der Waals surface area contributed by atoms with E-state index in [1.807, 2.05) is 19.1 Å². The first-order chi connectivity index (χ1) is 13.6. The zero-order valence-electron chi connectivity index (χ0n) is 17.7. The number of hydrogen-bond acceptors (Lipinski definition) is 5. The van der Waals surface area contributed by atoms with E-state index >= 15 is 0 Å². The molecule has 0 unspecified atom stereocenters. The van der Waals surface area contributed by atoms with Gasteiger partial charge in [0, 0.05) is 26.6 Å². The molecule has 2 N–H and O–H groups in total. The van der Waals surface area contributed by atoms with Crippen molar-refractivity contribution in [3.8, 4) is 11.5 Å². The third-order valence-electron chi connectivity index (χ3n) is 4.26. The molecule has 28 heavy (non-hydrogen) atoms. The van der Waals surface area contributed by atoms with Gasteiger partial charge in [0.25, 0.3) is 0 Å². The predicted octanol–water partition coefficient (Wildman–Crippen LogP) is 2.92. The van der Waals surface area contributed by atoms with Crippen molar-refractivity contribution in [3.05, 3.63) is 23.8 Å². The zero-order valence-corrected chi connectivity index (χ0v) is 17.7. The highest BCUT2D eigenvalue weighted by Crippen LogP contribution is 2.28.